The van der Waals surface area contributed by atoms with Gasteiger partial charge in [-0.1, -0.05) is 0 Å². The molecule has 68 valence electrons. The van der Waals surface area contributed by atoms with Gasteiger partial charge in [-0.15, -0.1) is 0 Å². The number of hydrogen-bond acceptors (Lipinski definition) is 4. The Morgan fingerprint density at radius 1 is 1.54 bits per heavy atom. The van der Waals surface area contributed by atoms with E-state index in [0.29, 0.717) is 11.4 Å². The Balaban J connectivity index is 2.64. The molecule has 0 aromatic carbocycles. The third-order valence-electron chi connectivity index (χ3n) is 1.95. The molecule has 13 heavy (non-hydrogen) atoms. The topological polar surface area (TPSA) is 77.5 Å². The second-order valence-corrected chi connectivity index (χ2v) is 3.03. The maximum absolute atomic E-state index is 10.9. The van der Waals surface area contributed by atoms with Crippen LogP contribution in [0.2, 0.25) is 0 Å². The van der Waals surface area contributed by atoms with Gasteiger partial charge in [0.15, 0.2) is 5.72 Å². The average Bonchev–Trinajstić information content (AvgIpc) is 2.02. The summed E-state index contributed by atoms with van der Waals surface area (Å²) in [5.74, 6) is 0.493. The highest BCUT2D eigenvalue weighted by molar-refractivity contribution is 5.78. The number of anilines is 1. The van der Waals surface area contributed by atoms with Crippen LogP contribution in [0.3, 0.4) is 0 Å². The monoisotopic (exact) mass is 179 g/mol. The molecular formula is C8H9N3O2. The first-order chi connectivity index (χ1) is 6.09. The normalized spacial score (nSPS) is 25.1. The summed E-state index contributed by atoms with van der Waals surface area (Å²) in [5, 5.41) is 12.5. The summed E-state index contributed by atoms with van der Waals surface area (Å²) >= 11 is 0. The molecule has 0 saturated heterocycles. The minimum absolute atomic E-state index is 0.211. The fraction of sp³-hybridized carbons (Fsp3) is 0.250. The van der Waals surface area contributed by atoms with E-state index in [1.165, 1.54) is 12.4 Å². The molecule has 0 amide bonds. The van der Waals surface area contributed by atoms with Crippen LogP contribution in [0.4, 0.5) is 5.82 Å². The summed E-state index contributed by atoms with van der Waals surface area (Å²) in [6.07, 6.45) is 1.36. The van der Waals surface area contributed by atoms with Gasteiger partial charge in [-0.05, 0) is 13.0 Å². The highest BCUT2D eigenvalue weighted by Crippen LogP contribution is 2.28. The van der Waals surface area contributed by atoms with E-state index in [4.69, 9.17) is 0 Å². The van der Waals surface area contributed by atoms with Crippen LogP contribution in [-0.2, 0) is 5.72 Å². The third-order valence-corrected chi connectivity index (χ3v) is 1.95. The van der Waals surface area contributed by atoms with E-state index in [-0.39, 0.29) is 5.56 Å². The highest BCUT2D eigenvalue weighted by Gasteiger charge is 2.27. The first-order valence-electron chi connectivity index (χ1n) is 3.86. The molecule has 0 aliphatic carbocycles. The number of pyridine rings is 1. The van der Waals surface area contributed by atoms with E-state index in [9.17, 15) is 9.90 Å². The standard InChI is InChI=1S/C8H9N3O2/c1-8(13)5-2-3-6(12)11-7(5)9-4-10-8/h2-4,13H,1H3,(H2,9,10,11,12). The van der Waals surface area contributed by atoms with Gasteiger partial charge >= 0.3 is 0 Å². The second-order valence-electron chi connectivity index (χ2n) is 3.03. The Bertz CT molecular complexity index is 420. The number of aliphatic imine (C=N–C) groups is 1. The van der Waals surface area contributed by atoms with Crippen molar-refractivity contribution >= 4 is 12.2 Å². The van der Waals surface area contributed by atoms with E-state index in [1.54, 1.807) is 13.0 Å². The molecule has 1 aromatic rings. The van der Waals surface area contributed by atoms with E-state index in [1.807, 2.05) is 0 Å². The number of aliphatic hydroxyl groups is 1. The van der Waals surface area contributed by atoms with Crippen LogP contribution in [0.1, 0.15) is 12.5 Å². The highest BCUT2D eigenvalue weighted by atomic mass is 16.3. The number of aromatic nitrogens is 1. The number of aromatic amines is 1. The fourth-order valence-corrected chi connectivity index (χ4v) is 1.28. The van der Waals surface area contributed by atoms with Crippen molar-refractivity contribution in [1.29, 1.82) is 0 Å². The van der Waals surface area contributed by atoms with Gasteiger partial charge in [0.05, 0.1) is 6.34 Å². The molecule has 0 fully saturated rings. The van der Waals surface area contributed by atoms with Gasteiger partial charge in [-0.25, -0.2) is 4.99 Å². The van der Waals surface area contributed by atoms with Crippen LogP contribution in [0, 0.1) is 0 Å². The molecule has 0 radical (unpaired) electrons. The Kier molecular flexibility index (Phi) is 1.50. The molecule has 5 heteroatoms. The molecule has 5 nitrogen and oxygen atoms in total. The summed E-state index contributed by atoms with van der Waals surface area (Å²) in [6.45, 7) is 1.56. The molecule has 1 unspecified atom stereocenters. The first kappa shape index (κ1) is 8.00. The molecule has 0 bridgehead atoms. The predicted molar refractivity (Wildman–Crippen MR) is 48.7 cm³/mol. The lowest BCUT2D eigenvalue weighted by Crippen LogP contribution is -2.27. The number of rotatable bonds is 0. The largest absolute Gasteiger partial charge is 0.365 e. The van der Waals surface area contributed by atoms with Gasteiger partial charge in [0.1, 0.15) is 5.82 Å². The second kappa shape index (κ2) is 2.43. The molecule has 1 atom stereocenters. The lowest BCUT2D eigenvalue weighted by Gasteiger charge is -2.24. The number of fused-ring (bicyclic) bond motifs is 1. The maximum Gasteiger partial charge on any atom is 0.249 e. The molecule has 1 aromatic heterocycles. The lowest BCUT2D eigenvalue weighted by molar-refractivity contribution is 0.0675. The van der Waals surface area contributed by atoms with Crippen LogP contribution >= 0.6 is 0 Å². The molecule has 2 rings (SSSR count). The SMILES string of the molecule is CC1(O)N=CNc2[nH]c(=O)ccc21. The third kappa shape index (κ3) is 1.23. The van der Waals surface area contributed by atoms with Crippen LogP contribution in [-0.4, -0.2) is 16.4 Å². The molecule has 3 N–H and O–H groups in total. The Morgan fingerprint density at radius 3 is 3.08 bits per heavy atom. The van der Waals surface area contributed by atoms with E-state index < -0.39 is 5.72 Å². The van der Waals surface area contributed by atoms with Crippen molar-refractivity contribution in [1.82, 2.24) is 4.98 Å². The van der Waals surface area contributed by atoms with Crippen molar-refractivity contribution in [2.45, 2.75) is 12.6 Å². The van der Waals surface area contributed by atoms with Gasteiger partial charge in [0, 0.05) is 11.6 Å². The van der Waals surface area contributed by atoms with Crippen molar-refractivity contribution in [3.05, 3.63) is 28.0 Å². The summed E-state index contributed by atoms with van der Waals surface area (Å²) in [7, 11) is 0. The van der Waals surface area contributed by atoms with Gasteiger partial charge in [0.2, 0.25) is 5.56 Å². The Hall–Kier alpha value is -1.62. The van der Waals surface area contributed by atoms with E-state index in [0.717, 1.165) is 0 Å². The minimum atomic E-state index is -1.26. The van der Waals surface area contributed by atoms with Crippen LogP contribution in [0.25, 0.3) is 0 Å². The van der Waals surface area contributed by atoms with Crippen LogP contribution < -0.4 is 10.9 Å². The zero-order chi connectivity index (χ0) is 9.47. The summed E-state index contributed by atoms with van der Waals surface area (Å²) in [4.78, 5) is 17.3. The lowest BCUT2D eigenvalue weighted by atomic mass is 10.1. The number of hydrogen-bond donors (Lipinski definition) is 3. The predicted octanol–water partition coefficient (Wildman–Crippen LogP) is -0.00630. The van der Waals surface area contributed by atoms with Gasteiger partial charge in [-0.2, -0.15) is 0 Å². The van der Waals surface area contributed by atoms with Crippen molar-refractivity contribution in [3.63, 3.8) is 0 Å². The summed E-state index contributed by atoms with van der Waals surface area (Å²) < 4.78 is 0. The van der Waals surface area contributed by atoms with Gasteiger partial charge < -0.3 is 15.4 Å². The van der Waals surface area contributed by atoms with Crippen molar-refractivity contribution < 1.29 is 5.11 Å². The zero-order valence-electron chi connectivity index (χ0n) is 7.03. The maximum atomic E-state index is 10.9. The van der Waals surface area contributed by atoms with Crippen molar-refractivity contribution in [3.8, 4) is 0 Å². The number of nitrogens with zero attached hydrogens (tertiary/aromatic N) is 1. The van der Waals surface area contributed by atoms with E-state index >= 15 is 0 Å². The quantitative estimate of drug-likeness (QED) is 0.524. The first-order valence-corrected chi connectivity index (χ1v) is 3.86. The zero-order valence-corrected chi connectivity index (χ0v) is 7.03. The number of nitrogens with one attached hydrogen (secondary N) is 2. The summed E-state index contributed by atoms with van der Waals surface area (Å²) in [5.41, 5.74) is -0.905. The van der Waals surface area contributed by atoms with Crippen LogP contribution in [0.5, 0.6) is 0 Å². The number of H-pyrrole nitrogens is 1. The van der Waals surface area contributed by atoms with Crippen LogP contribution in [0.15, 0.2) is 21.9 Å². The van der Waals surface area contributed by atoms with Gasteiger partial charge in [0.25, 0.3) is 0 Å². The Labute approximate surface area is 74.1 Å². The minimum Gasteiger partial charge on any atom is -0.365 e. The van der Waals surface area contributed by atoms with Crippen molar-refractivity contribution in [2.75, 3.05) is 5.32 Å². The summed E-state index contributed by atoms with van der Waals surface area (Å²) in [6, 6.07) is 2.91. The van der Waals surface area contributed by atoms with Crippen molar-refractivity contribution in [2.24, 2.45) is 4.99 Å². The fourth-order valence-electron chi connectivity index (χ4n) is 1.28. The molecule has 1 aliphatic heterocycles. The van der Waals surface area contributed by atoms with Gasteiger partial charge in [-0.3, -0.25) is 4.79 Å². The molecule has 0 saturated carbocycles. The van der Waals surface area contributed by atoms with E-state index in [2.05, 4.69) is 15.3 Å². The molecular weight excluding hydrogens is 170 g/mol. The molecule has 1 aliphatic rings. The smallest absolute Gasteiger partial charge is 0.249 e. The molecule has 2 heterocycles. The molecule has 0 spiro atoms. The average molecular weight is 179 g/mol. The Morgan fingerprint density at radius 2 is 2.31 bits per heavy atom.